The van der Waals surface area contributed by atoms with Gasteiger partial charge in [-0.3, -0.25) is 9.69 Å². The zero-order chi connectivity index (χ0) is 13.3. The molecule has 2 rings (SSSR count). The van der Waals surface area contributed by atoms with E-state index in [1.807, 2.05) is 0 Å². The van der Waals surface area contributed by atoms with Gasteiger partial charge in [-0.05, 0) is 38.1 Å². The van der Waals surface area contributed by atoms with Crippen molar-refractivity contribution >= 4 is 5.91 Å². The number of nitrogens with one attached hydrogen (secondary N) is 1. The zero-order valence-corrected chi connectivity index (χ0v) is 12.3. The number of hydrogen-bond donors (Lipinski definition) is 1. The second-order valence-corrected chi connectivity index (χ2v) is 7.17. The fraction of sp³-hybridized carbons (Fsp3) is 0.933. The van der Waals surface area contributed by atoms with E-state index in [1.165, 1.54) is 25.8 Å². The highest BCUT2D eigenvalue weighted by Gasteiger charge is 2.37. The third-order valence-corrected chi connectivity index (χ3v) is 4.79. The first kappa shape index (κ1) is 13.9. The van der Waals surface area contributed by atoms with Crippen LogP contribution in [-0.2, 0) is 4.79 Å². The number of piperidine rings is 1. The van der Waals surface area contributed by atoms with Crippen molar-refractivity contribution in [2.75, 3.05) is 13.1 Å². The quantitative estimate of drug-likeness (QED) is 0.818. The molecule has 2 saturated heterocycles. The first-order chi connectivity index (χ1) is 8.38. The van der Waals surface area contributed by atoms with Crippen LogP contribution in [-0.4, -0.2) is 36.0 Å². The lowest BCUT2D eigenvalue weighted by atomic mass is 9.87. The highest BCUT2D eigenvalue weighted by atomic mass is 16.2. The summed E-state index contributed by atoms with van der Waals surface area (Å²) in [6.45, 7) is 10.8. The molecule has 0 bridgehead atoms. The molecule has 18 heavy (non-hydrogen) atoms. The lowest BCUT2D eigenvalue weighted by Crippen LogP contribution is -2.44. The molecule has 3 atom stereocenters. The highest BCUT2D eigenvalue weighted by Crippen LogP contribution is 2.31. The van der Waals surface area contributed by atoms with Crippen molar-refractivity contribution in [2.45, 2.75) is 65.5 Å². The summed E-state index contributed by atoms with van der Waals surface area (Å²) in [5.74, 6) is 0.490. The van der Waals surface area contributed by atoms with Crippen LogP contribution in [0.25, 0.3) is 0 Å². The number of hydrogen-bond acceptors (Lipinski definition) is 2. The SMILES string of the molecule is CC(NC(=O)C1CC2CCCCN2C1)C(C)(C)C. The lowest BCUT2D eigenvalue weighted by Gasteiger charge is -2.29. The van der Waals surface area contributed by atoms with E-state index in [2.05, 4.69) is 37.9 Å². The molecule has 0 aromatic heterocycles. The van der Waals surface area contributed by atoms with Crippen LogP contribution >= 0.6 is 0 Å². The smallest absolute Gasteiger partial charge is 0.224 e. The van der Waals surface area contributed by atoms with E-state index >= 15 is 0 Å². The van der Waals surface area contributed by atoms with Gasteiger partial charge in [-0.15, -0.1) is 0 Å². The molecule has 2 fully saturated rings. The Morgan fingerprint density at radius 1 is 1.33 bits per heavy atom. The predicted molar refractivity (Wildman–Crippen MR) is 74.4 cm³/mol. The van der Waals surface area contributed by atoms with Gasteiger partial charge in [0, 0.05) is 18.6 Å². The maximum atomic E-state index is 12.3. The standard InChI is InChI=1S/C15H28N2O/c1-11(15(2,3)4)16-14(18)12-9-13-7-5-6-8-17(13)10-12/h11-13H,5-10H2,1-4H3,(H,16,18). The molecule has 2 heterocycles. The topological polar surface area (TPSA) is 32.3 Å². The third-order valence-electron chi connectivity index (χ3n) is 4.79. The van der Waals surface area contributed by atoms with E-state index < -0.39 is 0 Å². The molecular weight excluding hydrogens is 224 g/mol. The molecule has 1 amide bonds. The molecule has 1 N–H and O–H groups in total. The van der Waals surface area contributed by atoms with Crippen molar-refractivity contribution in [3.63, 3.8) is 0 Å². The summed E-state index contributed by atoms with van der Waals surface area (Å²) in [5.41, 5.74) is 0.140. The van der Waals surface area contributed by atoms with Crippen LogP contribution < -0.4 is 5.32 Å². The van der Waals surface area contributed by atoms with Crippen molar-refractivity contribution in [1.82, 2.24) is 10.2 Å². The zero-order valence-electron chi connectivity index (χ0n) is 12.3. The van der Waals surface area contributed by atoms with E-state index in [1.54, 1.807) is 0 Å². The summed E-state index contributed by atoms with van der Waals surface area (Å²) >= 11 is 0. The minimum Gasteiger partial charge on any atom is -0.353 e. The molecule has 104 valence electrons. The summed E-state index contributed by atoms with van der Waals surface area (Å²) < 4.78 is 0. The molecule has 0 radical (unpaired) electrons. The van der Waals surface area contributed by atoms with Gasteiger partial charge in [0.2, 0.25) is 5.91 Å². The number of nitrogens with zero attached hydrogens (tertiary/aromatic N) is 1. The third kappa shape index (κ3) is 3.05. The largest absolute Gasteiger partial charge is 0.353 e. The maximum Gasteiger partial charge on any atom is 0.224 e. The van der Waals surface area contributed by atoms with Gasteiger partial charge in [0.05, 0.1) is 5.92 Å². The van der Waals surface area contributed by atoms with Gasteiger partial charge in [-0.25, -0.2) is 0 Å². The summed E-state index contributed by atoms with van der Waals surface area (Å²) in [4.78, 5) is 14.8. The Morgan fingerprint density at radius 2 is 2.06 bits per heavy atom. The van der Waals surface area contributed by atoms with Crippen LogP contribution in [0.3, 0.4) is 0 Å². The van der Waals surface area contributed by atoms with Crippen molar-refractivity contribution in [3.05, 3.63) is 0 Å². The molecule has 0 saturated carbocycles. The Bertz CT molecular complexity index is 294. The molecule has 3 unspecified atom stereocenters. The van der Waals surface area contributed by atoms with Gasteiger partial charge in [0.15, 0.2) is 0 Å². The number of carbonyl (C=O) groups excluding carboxylic acids is 1. The second kappa shape index (κ2) is 5.20. The molecule has 2 aliphatic rings. The van der Waals surface area contributed by atoms with Crippen LogP contribution in [0.4, 0.5) is 0 Å². The van der Waals surface area contributed by atoms with Crippen LogP contribution in [0.15, 0.2) is 0 Å². The fourth-order valence-corrected chi connectivity index (χ4v) is 2.99. The molecule has 0 aromatic rings. The first-order valence-corrected chi connectivity index (χ1v) is 7.42. The summed E-state index contributed by atoms with van der Waals surface area (Å²) in [6, 6.07) is 0.919. The van der Waals surface area contributed by atoms with Crippen LogP contribution in [0.2, 0.25) is 0 Å². The van der Waals surface area contributed by atoms with Crippen molar-refractivity contribution in [2.24, 2.45) is 11.3 Å². The summed E-state index contributed by atoms with van der Waals surface area (Å²) in [7, 11) is 0. The van der Waals surface area contributed by atoms with Crippen LogP contribution in [0.1, 0.15) is 53.4 Å². The molecule has 3 nitrogen and oxygen atoms in total. The lowest BCUT2D eigenvalue weighted by molar-refractivity contribution is -0.126. The average Bonchev–Trinajstić information content (AvgIpc) is 2.71. The van der Waals surface area contributed by atoms with E-state index in [-0.39, 0.29) is 23.3 Å². The number of carbonyl (C=O) groups is 1. The predicted octanol–water partition coefficient (Wildman–Crippen LogP) is 2.41. The van der Waals surface area contributed by atoms with Gasteiger partial charge in [0.1, 0.15) is 0 Å². The van der Waals surface area contributed by atoms with E-state index in [0.717, 1.165) is 13.0 Å². The second-order valence-electron chi connectivity index (χ2n) is 7.17. The van der Waals surface area contributed by atoms with Gasteiger partial charge < -0.3 is 5.32 Å². The monoisotopic (exact) mass is 252 g/mol. The van der Waals surface area contributed by atoms with E-state index in [4.69, 9.17) is 0 Å². The first-order valence-electron chi connectivity index (χ1n) is 7.42. The number of rotatable bonds is 2. The molecule has 2 aliphatic heterocycles. The summed E-state index contributed by atoms with van der Waals surface area (Å²) in [5, 5.41) is 3.21. The normalized spacial score (nSPS) is 30.9. The van der Waals surface area contributed by atoms with E-state index in [9.17, 15) is 4.79 Å². The highest BCUT2D eigenvalue weighted by molar-refractivity contribution is 5.79. The minimum atomic E-state index is 0.140. The van der Waals surface area contributed by atoms with Gasteiger partial charge >= 0.3 is 0 Å². The Morgan fingerprint density at radius 3 is 2.67 bits per heavy atom. The van der Waals surface area contributed by atoms with Crippen molar-refractivity contribution in [1.29, 1.82) is 0 Å². The maximum absolute atomic E-state index is 12.3. The Hall–Kier alpha value is -0.570. The van der Waals surface area contributed by atoms with E-state index in [0.29, 0.717) is 6.04 Å². The average molecular weight is 252 g/mol. The van der Waals surface area contributed by atoms with Crippen LogP contribution in [0, 0.1) is 11.3 Å². The number of fused-ring (bicyclic) bond motifs is 1. The number of amides is 1. The van der Waals surface area contributed by atoms with Crippen LogP contribution in [0.5, 0.6) is 0 Å². The Labute approximate surface area is 111 Å². The van der Waals surface area contributed by atoms with Crippen molar-refractivity contribution < 1.29 is 4.79 Å². The van der Waals surface area contributed by atoms with Gasteiger partial charge in [-0.1, -0.05) is 27.2 Å². The summed E-state index contributed by atoms with van der Waals surface area (Å²) in [6.07, 6.45) is 5.01. The Balaban J connectivity index is 1.87. The minimum absolute atomic E-state index is 0.140. The van der Waals surface area contributed by atoms with Crippen molar-refractivity contribution in [3.8, 4) is 0 Å². The molecule has 0 spiro atoms. The Kier molecular flexibility index (Phi) is 4.00. The molecule has 3 heteroatoms. The van der Waals surface area contributed by atoms with Gasteiger partial charge in [-0.2, -0.15) is 0 Å². The molecule has 0 aromatic carbocycles. The molecular formula is C15H28N2O. The van der Waals surface area contributed by atoms with Gasteiger partial charge in [0.25, 0.3) is 0 Å². The fourth-order valence-electron chi connectivity index (χ4n) is 2.99. The molecule has 0 aliphatic carbocycles.